The standard InChI is InChI=1S/C11H5Cl2FN2O/c12-10-9(15-3-4-16-10)6-1-2-7(11(13)17)8(14)5-6/h1-5H. The zero-order valence-corrected chi connectivity index (χ0v) is 9.84. The van der Waals surface area contributed by atoms with Gasteiger partial charge in [0.25, 0.3) is 5.24 Å². The number of nitrogens with zero attached hydrogens (tertiary/aromatic N) is 2. The van der Waals surface area contributed by atoms with Crippen molar-refractivity contribution in [3.8, 4) is 11.3 Å². The molecule has 0 aliphatic rings. The quantitative estimate of drug-likeness (QED) is 0.787. The summed E-state index contributed by atoms with van der Waals surface area (Å²) < 4.78 is 13.5. The van der Waals surface area contributed by atoms with Gasteiger partial charge in [0.1, 0.15) is 11.5 Å². The molecule has 1 aromatic carbocycles. The average Bonchev–Trinajstić information content (AvgIpc) is 2.29. The summed E-state index contributed by atoms with van der Waals surface area (Å²) in [7, 11) is 0. The predicted molar refractivity (Wildman–Crippen MR) is 62.6 cm³/mol. The summed E-state index contributed by atoms with van der Waals surface area (Å²) in [5.41, 5.74) is 0.597. The molecule has 0 atom stereocenters. The molecule has 0 radical (unpaired) electrons. The Labute approximate surface area is 106 Å². The van der Waals surface area contributed by atoms with Gasteiger partial charge in [-0.3, -0.25) is 9.78 Å². The van der Waals surface area contributed by atoms with Crippen molar-refractivity contribution in [3.63, 3.8) is 0 Å². The third-order valence-electron chi connectivity index (χ3n) is 2.11. The van der Waals surface area contributed by atoms with Crippen molar-refractivity contribution in [1.82, 2.24) is 9.97 Å². The van der Waals surface area contributed by atoms with Crippen molar-refractivity contribution < 1.29 is 9.18 Å². The Morgan fingerprint density at radius 1 is 1.24 bits per heavy atom. The van der Waals surface area contributed by atoms with Gasteiger partial charge in [-0.1, -0.05) is 17.7 Å². The van der Waals surface area contributed by atoms with E-state index in [1.54, 1.807) is 0 Å². The molecule has 1 heterocycles. The highest BCUT2D eigenvalue weighted by atomic mass is 35.5. The van der Waals surface area contributed by atoms with Gasteiger partial charge >= 0.3 is 0 Å². The third-order valence-corrected chi connectivity index (χ3v) is 2.59. The third kappa shape index (κ3) is 2.43. The highest BCUT2D eigenvalue weighted by Gasteiger charge is 2.12. The molecule has 17 heavy (non-hydrogen) atoms. The second-order valence-corrected chi connectivity index (χ2v) is 3.87. The highest BCUT2D eigenvalue weighted by molar-refractivity contribution is 6.67. The summed E-state index contributed by atoms with van der Waals surface area (Å²) in [5.74, 6) is -0.718. The maximum atomic E-state index is 13.5. The predicted octanol–water partition coefficient (Wildman–Crippen LogP) is 3.32. The number of hydrogen-bond acceptors (Lipinski definition) is 3. The van der Waals surface area contributed by atoms with Gasteiger partial charge in [0.15, 0.2) is 5.15 Å². The van der Waals surface area contributed by atoms with E-state index in [-0.39, 0.29) is 10.7 Å². The van der Waals surface area contributed by atoms with Crippen LogP contribution in [0.25, 0.3) is 11.3 Å². The van der Waals surface area contributed by atoms with Crippen LogP contribution in [0.3, 0.4) is 0 Å². The van der Waals surface area contributed by atoms with Crippen LogP contribution in [0.1, 0.15) is 10.4 Å². The van der Waals surface area contributed by atoms with Gasteiger partial charge in [-0.25, -0.2) is 9.37 Å². The van der Waals surface area contributed by atoms with Crippen LogP contribution in [0.15, 0.2) is 30.6 Å². The van der Waals surface area contributed by atoms with E-state index in [1.807, 2.05) is 0 Å². The van der Waals surface area contributed by atoms with Gasteiger partial charge in [0.05, 0.1) is 5.56 Å². The summed E-state index contributed by atoms with van der Waals surface area (Å²) >= 11 is 11.0. The highest BCUT2D eigenvalue weighted by Crippen LogP contribution is 2.25. The summed E-state index contributed by atoms with van der Waals surface area (Å²) in [6, 6.07) is 3.94. The van der Waals surface area contributed by atoms with E-state index in [1.165, 1.54) is 24.5 Å². The SMILES string of the molecule is O=C(Cl)c1ccc(-c2nccnc2Cl)cc1F. The minimum Gasteiger partial charge on any atom is -0.275 e. The van der Waals surface area contributed by atoms with Gasteiger partial charge in [0, 0.05) is 18.0 Å². The largest absolute Gasteiger partial charge is 0.275 e. The molecule has 2 rings (SSSR count). The smallest absolute Gasteiger partial charge is 0.255 e. The molecule has 0 fully saturated rings. The van der Waals surface area contributed by atoms with Gasteiger partial charge in [-0.2, -0.15) is 0 Å². The fraction of sp³-hybridized carbons (Fsp3) is 0. The zero-order valence-electron chi connectivity index (χ0n) is 8.32. The molecule has 2 aromatic rings. The van der Waals surface area contributed by atoms with E-state index in [0.717, 1.165) is 6.07 Å². The second kappa shape index (κ2) is 4.77. The number of hydrogen-bond donors (Lipinski definition) is 0. The van der Waals surface area contributed by atoms with Crippen molar-refractivity contribution in [3.05, 3.63) is 47.1 Å². The molecule has 0 spiro atoms. The van der Waals surface area contributed by atoms with E-state index in [4.69, 9.17) is 23.2 Å². The number of aromatic nitrogens is 2. The van der Waals surface area contributed by atoms with Crippen LogP contribution in [0, 0.1) is 5.82 Å². The molecule has 6 heteroatoms. The maximum Gasteiger partial charge on any atom is 0.255 e. The minimum absolute atomic E-state index is 0.164. The number of halogens is 3. The van der Waals surface area contributed by atoms with Crippen molar-refractivity contribution in [1.29, 1.82) is 0 Å². The van der Waals surface area contributed by atoms with E-state index in [9.17, 15) is 9.18 Å². The minimum atomic E-state index is -0.848. The first-order valence-electron chi connectivity index (χ1n) is 4.56. The van der Waals surface area contributed by atoms with Crippen molar-refractivity contribution >= 4 is 28.4 Å². The van der Waals surface area contributed by atoms with E-state index in [0.29, 0.717) is 11.3 Å². The number of carbonyl (C=O) groups excluding carboxylic acids is 1. The van der Waals surface area contributed by atoms with E-state index >= 15 is 0 Å². The maximum absolute atomic E-state index is 13.5. The van der Waals surface area contributed by atoms with Crippen molar-refractivity contribution in [2.45, 2.75) is 0 Å². The van der Waals surface area contributed by atoms with Crippen LogP contribution < -0.4 is 0 Å². The van der Waals surface area contributed by atoms with E-state index < -0.39 is 11.1 Å². The first kappa shape index (κ1) is 12.0. The lowest BCUT2D eigenvalue weighted by Gasteiger charge is -2.03. The lowest BCUT2D eigenvalue weighted by Crippen LogP contribution is -1.95. The van der Waals surface area contributed by atoms with Crippen LogP contribution in [0.5, 0.6) is 0 Å². The molecule has 0 saturated heterocycles. The number of carbonyl (C=O) groups is 1. The van der Waals surface area contributed by atoms with Gasteiger partial charge < -0.3 is 0 Å². The molecule has 0 bridgehead atoms. The van der Waals surface area contributed by atoms with Crippen molar-refractivity contribution in [2.24, 2.45) is 0 Å². The fourth-order valence-electron chi connectivity index (χ4n) is 1.34. The molecule has 1 aromatic heterocycles. The second-order valence-electron chi connectivity index (χ2n) is 3.16. The first-order valence-corrected chi connectivity index (χ1v) is 5.31. The zero-order chi connectivity index (χ0) is 12.4. The molecule has 0 aliphatic heterocycles. The Morgan fingerprint density at radius 3 is 2.53 bits per heavy atom. The fourth-order valence-corrected chi connectivity index (χ4v) is 1.70. The molecule has 0 aliphatic carbocycles. The Kier molecular flexibility index (Phi) is 3.36. The average molecular weight is 271 g/mol. The van der Waals surface area contributed by atoms with Gasteiger partial charge in [0.2, 0.25) is 0 Å². The summed E-state index contributed by atoms with van der Waals surface area (Å²) in [6.07, 6.45) is 2.87. The van der Waals surface area contributed by atoms with Crippen LogP contribution >= 0.6 is 23.2 Å². The summed E-state index contributed by atoms with van der Waals surface area (Å²) in [4.78, 5) is 18.7. The molecule has 0 saturated carbocycles. The van der Waals surface area contributed by atoms with Crippen molar-refractivity contribution in [2.75, 3.05) is 0 Å². The van der Waals surface area contributed by atoms with Crippen LogP contribution in [0.2, 0.25) is 5.15 Å². The lowest BCUT2D eigenvalue weighted by atomic mass is 10.1. The molecule has 0 unspecified atom stereocenters. The van der Waals surface area contributed by atoms with E-state index in [2.05, 4.69) is 9.97 Å². The van der Waals surface area contributed by atoms with Gasteiger partial charge in [-0.15, -0.1) is 0 Å². The molecule has 0 amide bonds. The Morgan fingerprint density at radius 2 is 1.94 bits per heavy atom. The molecule has 3 nitrogen and oxygen atoms in total. The molecule has 0 N–H and O–H groups in total. The molecular formula is C11H5Cl2FN2O. The van der Waals surface area contributed by atoms with Crippen LogP contribution in [0.4, 0.5) is 4.39 Å². The monoisotopic (exact) mass is 270 g/mol. The Balaban J connectivity index is 2.52. The summed E-state index contributed by atoms with van der Waals surface area (Å²) in [5, 5.41) is -0.684. The number of rotatable bonds is 2. The first-order chi connectivity index (χ1) is 8.09. The van der Waals surface area contributed by atoms with Gasteiger partial charge in [-0.05, 0) is 23.7 Å². The molecule has 86 valence electrons. The summed E-state index contributed by atoms with van der Waals surface area (Å²) in [6.45, 7) is 0. The number of benzene rings is 1. The lowest BCUT2D eigenvalue weighted by molar-refractivity contribution is 0.107. The molecular weight excluding hydrogens is 266 g/mol. The normalized spacial score (nSPS) is 10.3. The topological polar surface area (TPSA) is 42.9 Å². The Bertz CT molecular complexity index is 589. The van der Waals surface area contributed by atoms with Crippen LogP contribution in [-0.4, -0.2) is 15.2 Å². The van der Waals surface area contributed by atoms with Crippen LogP contribution in [-0.2, 0) is 0 Å². The Hall–Kier alpha value is -1.52.